The Labute approximate surface area is 205 Å². The molecule has 1 fully saturated rings. The Kier molecular flexibility index (Phi) is 7.16. The predicted octanol–water partition coefficient (Wildman–Crippen LogP) is 1.04. The number of carbonyl (C=O) groups is 3. The van der Waals surface area contributed by atoms with Gasteiger partial charge in [-0.25, -0.2) is 9.78 Å². The number of carboxylic acids is 1. The number of anilines is 1. The molecule has 4 rings (SSSR count). The van der Waals surface area contributed by atoms with Crippen molar-refractivity contribution in [1.82, 2.24) is 15.2 Å². The first-order valence-electron chi connectivity index (χ1n) is 10.1. The first-order valence-corrected chi connectivity index (χ1v) is 12.8. The summed E-state index contributed by atoms with van der Waals surface area (Å²) < 4.78 is 14.1. The minimum atomic E-state index is -1.22. The number of nitrogens with two attached hydrogens (primary N) is 2. The lowest BCUT2D eigenvalue weighted by Gasteiger charge is -2.49. The van der Waals surface area contributed by atoms with Gasteiger partial charge in [0, 0.05) is 17.2 Å². The van der Waals surface area contributed by atoms with Crippen molar-refractivity contribution in [3.05, 3.63) is 31.9 Å². The number of carboxylic acid groups (broad SMARTS) is 1. The van der Waals surface area contributed by atoms with Gasteiger partial charge in [0.1, 0.15) is 29.9 Å². The highest BCUT2D eigenvalue weighted by Gasteiger charge is 2.54. The number of thioether (sulfide) groups is 2. The number of carbonyl (C=O) groups excluding carboxylic acids is 2. The number of rotatable bonds is 8. The number of aliphatic carboxylic acids is 1. The van der Waals surface area contributed by atoms with Crippen LogP contribution >= 0.6 is 34.9 Å². The monoisotopic (exact) mass is 528 g/mol. The highest BCUT2D eigenvalue weighted by Crippen LogP contribution is 2.47. The van der Waals surface area contributed by atoms with Gasteiger partial charge in [0.15, 0.2) is 10.8 Å². The van der Waals surface area contributed by atoms with Crippen molar-refractivity contribution in [2.45, 2.75) is 30.7 Å². The molecule has 1 unspecified atom stereocenters. The molecule has 0 aromatic carbocycles. The van der Waals surface area contributed by atoms with Crippen molar-refractivity contribution in [3.8, 4) is 0 Å². The van der Waals surface area contributed by atoms with Gasteiger partial charge in [-0.05, 0) is 29.7 Å². The summed E-state index contributed by atoms with van der Waals surface area (Å²) in [5.41, 5.74) is 11.4. The summed E-state index contributed by atoms with van der Waals surface area (Å²) in [6.45, 7) is 0.418. The number of fused-ring (bicyclic) bond motifs is 1. The maximum absolute atomic E-state index is 14.1. The van der Waals surface area contributed by atoms with Gasteiger partial charge in [-0.15, -0.1) is 11.8 Å². The van der Waals surface area contributed by atoms with Gasteiger partial charge in [0.25, 0.3) is 11.8 Å². The average Bonchev–Trinajstić information content (AvgIpc) is 3.39. The summed E-state index contributed by atoms with van der Waals surface area (Å²) >= 11 is 3.23. The predicted molar refractivity (Wildman–Crippen MR) is 127 cm³/mol. The summed E-state index contributed by atoms with van der Waals surface area (Å²) in [5.74, 6) is -2.35. The Morgan fingerprint density at radius 2 is 2.18 bits per heavy atom. The molecule has 0 saturated carbocycles. The van der Waals surface area contributed by atoms with E-state index in [1.54, 1.807) is 0 Å². The molecule has 15 heteroatoms. The van der Waals surface area contributed by atoms with E-state index < -0.39 is 45.7 Å². The van der Waals surface area contributed by atoms with E-state index in [-0.39, 0.29) is 10.8 Å². The van der Waals surface area contributed by atoms with E-state index in [0.29, 0.717) is 28.5 Å². The van der Waals surface area contributed by atoms with Crippen LogP contribution in [0.25, 0.3) is 0 Å². The molecule has 34 heavy (non-hydrogen) atoms. The molecule has 1 aromatic heterocycles. The second-order valence-electron chi connectivity index (χ2n) is 7.42. The summed E-state index contributed by atoms with van der Waals surface area (Å²) in [4.78, 5) is 49.0. The van der Waals surface area contributed by atoms with Crippen LogP contribution in [0.3, 0.4) is 0 Å². The topological polar surface area (TPSA) is 173 Å². The third-order valence-electron chi connectivity index (χ3n) is 5.42. The number of aromatic nitrogens is 1. The van der Waals surface area contributed by atoms with Crippen molar-refractivity contribution in [3.63, 3.8) is 0 Å². The van der Waals surface area contributed by atoms with Crippen LogP contribution in [0.1, 0.15) is 25.0 Å². The van der Waals surface area contributed by atoms with Crippen LogP contribution in [0, 0.1) is 5.13 Å². The SMILES string of the molecule is CO/N=C(\C(=O)NC1C(=O)N2C(C(=O)O)=C(SC3=C(CN)CCC3)CS[C@H]12)c1nc(N)sc1F. The lowest BCUT2D eigenvalue weighted by Crippen LogP contribution is -2.71. The molecule has 1 aliphatic carbocycles. The van der Waals surface area contributed by atoms with Gasteiger partial charge in [0.2, 0.25) is 5.13 Å². The fraction of sp³-hybridized carbons (Fsp3) is 0.421. The Morgan fingerprint density at radius 3 is 2.79 bits per heavy atom. The third-order valence-corrected chi connectivity index (χ3v) is 8.88. The molecule has 6 N–H and O–H groups in total. The van der Waals surface area contributed by atoms with E-state index in [0.717, 1.165) is 29.7 Å². The minimum Gasteiger partial charge on any atom is -0.477 e. The second kappa shape index (κ2) is 9.93. The van der Waals surface area contributed by atoms with Gasteiger partial charge in [0.05, 0.1) is 0 Å². The minimum absolute atomic E-state index is 0.0934. The summed E-state index contributed by atoms with van der Waals surface area (Å²) in [6.07, 6.45) is 2.68. The molecule has 11 nitrogen and oxygen atoms in total. The maximum atomic E-state index is 14.1. The lowest BCUT2D eigenvalue weighted by atomic mass is 10.0. The molecular weight excluding hydrogens is 507 g/mol. The number of β-lactam (4-membered cyclic amide) rings is 1. The smallest absolute Gasteiger partial charge is 0.353 e. The third kappa shape index (κ3) is 4.39. The Balaban J connectivity index is 1.54. The number of halogens is 1. The first-order chi connectivity index (χ1) is 16.3. The number of allylic oxidation sites excluding steroid dienone is 1. The number of thiazole rings is 1. The second-order valence-corrected chi connectivity index (χ2v) is 10.7. The van der Waals surface area contributed by atoms with Crippen LogP contribution in [0.4, 0.5) is 9.52 Å². The highest BCUT2D eigenvalue weighted by atomic mass is 32.2. The van der Waals surface area contributed by atoms with Crippen LogP contribution in [0.5, 0.6) is 0 Å². The van der Waals surface area contributed by atoms with Gasteiger partial charge in [-0.3, -0.25) is 14.5 Å². The number of hydrogen-bond acceptors (Lipinski definition) is 11. The zero-order valence-corrected chi connectivity index (χ0v) is 20.3. The fourth-order valence-corrected chi connectivity index (χ4v) is 7.24. The van der Waals surface area contributed by atoms with Gasteiger partial charge >= 0.3 is 5.97 Å². The van der Waals surface area contributed by atoms with Crippen molar-refractivity contribution in [1.29, 1.82) is 0 Å². The van der Waals surface area contributed by atoms with Crippen LogP contribution in [-0.2, 0) is 19.2 Å². The van der Waals surface area contributed by atoms with Crippen molar-refractivity contribution >= 4 is 63.5 Å². The Morgan fingerprint density at radius 1 is 1.41 bits per heavy atom. The molecule has 2 amide bonds. The van der Waals surface area contributed by atoms with E-state index in [1.807, 2.05) is 0 Å². The number of amides is 2. The molecule has 182 valence electrons. The normalized spacial score (nSPS) is 22.6. The molecule has 1 aromatic rings. The van der Waals surface area contributed by atoms with Gasteiger partial charge < -0.3 is 26.7 Å². The van der Waals surface area contributed by atoms with Crippen LogP contribution in [0.2, 0.25) is 0 Å². The molecule has 3 heterocycles. The number of hydrogen-bond donors (Lipinski definition) is 4. The molecule has 2 atom stereocenters. The molecule has 1 saturated heterocycles. The zero-order valence-electron chi connectivity index (χ0n) is 17.9. The largest absolute Gasteiger partial charge is 0.477 e. The van der Waals surface area contributed by atoms with Crippen LogP contribution < -0.4 is 16.8 Å². The number of nitrogens with one attached hydrogen (secondary N) is 1. The standard InChI is InChI=1S/C19H21FN6O5S3/c1-31-25-11(10-14(20)34-19(22)24-10)15(27)23-12-16(28)26-13(18(29)30)9(6-32-17(12)26)33-8-4-2-3-7(8)5-21/h12,17H,2-6,21H2,1H3,(H2,22,24)(H,23,27)(H,29,30)/b25-11-/t12?,17-/m1/s1. The lowest BCUT2D eigenvalue weighted by molar-refractivity contribution is -0.150. The van der Waals surface area contributed by atoms with E-state index >= 15 is 0 Å². The van der Waals surface area contributed by atoms with Crippen molar-refractivity contribution in [2.24, 2.45) is 10.9 Å². The average molecular weight is 529 g/mol. The van der Waals surface area contributed by atoms with Crippen molar-refractivity contribution in [2.75, 3.05) is 25.1 Å². The van der Waals surface area contributed by atoms with Crippen molar-refractivity contribution < 1.29 is 28.7 Å². The van der Waals surface area contributed by atoms with Crippen LogP contribution in [0.15, 0.2) is 26.2 Å². The quantitative estimate of drug-likeness (QED) is 0.217. The van der Waals surface area contributed by atoms with E-state index in [4.69, 9.17) is 11.5 Å². The molecule has 2 aliphatic heterocycles. The molecule has 3 aliphatic rings. The molecule has 0 radical (unpaired) electrons. The highest BCUT2D eigenvalue weighted by molar-refractivity contribution is 8.09. The molecular formula is C19H21FN6O5S3. The van der Waals surface area contributed by atoms with E-state index in [9.17, 15) is 23.9 Å². The van der Waals surface area contributed by atoms with Gasteiger partial charge in [-0.1, -0.05) is 28.3 Å². The fourth-order valence-electron chi connectivity index (χ4n) is 3.89. The van der Waals surface area contributed by atoms with Gasteiger partial charge in [-0.2, -0.15) is 4.39 Å². The van der Waals surface area contributed by atoms with Crippen LogP contribution in [-0.4, -0.2) is 69.3 Å². The van der Waals surface area contributed by atoms with E-state index in [2.05, 4.69) is 20.3 Å². The number of nitrogen functional groups attached to an aromatic ring is 1. The summed E-state index contributed by atoms with van der Waals surface area (Å²) in [7, 11) is 1.17. The molecule has 0 bridgehead atoms. The Hall–Kier alpha value is -2.62. The number of oxime groups is 1. The maximum Gasteiger partial charge on any atom is 0.353 e. The zero-order chi connectivity index (χ0) is 24.6. The summed E-state index contributed by atoms with van der Waals surface area (Å²) in [6, 6.07) is -1.02. The number of nitrogens with zero attached hydrogens (tertiary/aromatic N) is 3. The molecule has 0 spiro atoms. The summed E-state index contributed by atoms with van der Waals surface area (Å²) in [5, 5.41) is 14.3. The van der Waals surface area contributed by atoms with E-state index in [1.165, 1.54) is 35.5 Å². The first kappa shape index (κ1) is 24.5. The Bertz CT molecular complexity index is 1150.